The predicted octanol–water partition coefficient (Wildman–Crippen LogP) is -3.12. The van der Waals surface area contributed by atoms with Gasteiger partial charge in [-0.25, -0.2) is 9.59 Å². The molecule has 3 heterocycles. The van der Waals surface area contributed by atoms with Crippen LogP contribution in [0.4, 0.5) is 10.6 Å². The molecule has 2 aliphatic rings. The largest absolute Gasteiger partial charge is 0.440 e. The molecule has 14 heteroatoms. The zero-order valence-corrected chi connectivity index (χ0v) is 16.3. The number of amides is 3. The van der Waals surface area contributed by atoms with Gasteiger partial charge >= 0.3 is 11.8 Å². The van der Waals surface area contributed by atoms with Gasteiger partial charge in [-0.15, -0.1) is 0 Å². The summed E-state index contributed by atoms with van der Waals surface area (Å²) in [6.07, 6.45) is -4.13. The van der Waals surface area contributed by atoms with Gasteiger partial charge in [-0.2, -0.15) is 4.98 Å². The normalized spacial score (nSPS) is 27.8. The summed E-state index contributed by atoms with van der Waals surface area (Å²) in [6.45, 7) is -0.844. The Morgan fingerprint density at radius 1 is 1.32 bits per heavy atom. The van der Waals surface area contributed by atoms with Gasteiger partial charge in [-0.05, 0) is 18.9 Å². The van der Waals surface area contributed by atoms with Gasteiger partial charge in [0.1, 0.15) is 30.2 Å². The molecular weight excluding hydrogens is 418 g/mol. The predicted molar refractivity (Wildman–Crippen MR) is 100 cm³/mol. The number of likely N-dealkylation sites (tertiary alicyclic amines) is 1. The highest BCUT2D eigenvalue weighted by atomic mass is 16.6. The van der Waals surface area contributed by atoms with E-state index in [2.05, 4.69) is 15.0 Å². The van der Waals surface area contributed by atoms with Crippen LogP contribution in [-0.4, -0.2) is 91.8 Å². The molecule has 0 bridgehead atoms. The van der Waals surface area contributed by atoms with E-state index in [0.29, 0.717) is 19.4 Å². The van der Waals surface area contributed by atoms with Gasteiger partial charge in [0, 0.05) is 12.7 Å². The molecule has 14 nitrogen and oxygen atoms in total. The second-order valence-electron chi connectivity index (χ2n) is 7.07. The SMILES string of the molecule is NC(=O)OCC(=O)N1CCCC1C(=O)Nc1ccn(C2OC(CO)C(O)C2O)c(=O)n1. The fourth-order valence-electron chi connectivity index (χ4n) is 3.55. The van der Waals surface area contributed by atoms with Crippen LogP contribution in [-0.2, 0) is 19.1 Å². The summed E-state index contributed by atoms with van der Waals surface area (Å²) in [5.74, 6) is -1.25. The maximum absolute atomic E-state index is 12.6. The van der Waals surface area contributed by atoms with Crippen molar-refractivity contribution in [3.63, 3.8) is 0 Å². The van der Waals surface area contributed by atoms with Gasteiger partial charge in [0.2, 0.25) is 5.91 Å². The molecule has 31 heavy (non-hydrogen) atoms. The molecule has 0 spiro atoms. The number of ether oxygens (including phenoxy) is 2. The molecule has 170 valence electrons. The van der Waals surface area contributed by atoms with E-state index in [-0.39, 0.29) is 5.82 Å². The lowest BCUT2D eigenvalue weighted by atomic mass is 10.1. The lowest BCUT2D eigenvalue weighted by molar-refractivity contribution is -0.139. The molecule has 2 saturated heterocycles. The van der Waals surface area contributed by atoms with Gasteiger partial charge in [-0.3, -0.25) is 14.2 Å². The van der Waals surface area contributed by atoms with Crippen molar-refractivity contribution < 1.29 is 39.2 Å². The Morgan fingerprint density at radius 3 is 2.68 bits per heavy atom. The van der Waals surface area contributed by atoms with Crippen molar-refractivity contribution in [2.24, 2.45) is 5.73 Å². The first-order chi connectivity index (χ1) is 14.7. The molecule has 0 saturated carbocycles. The molecule has 5 unspecified atom stereocenters. The third-order valence-electron chi connectivity index (χ3n) is 5.09. The maximum Gasteiger partial charge on any atom is 0.405 e. The second kappa shape index (κ2) is 9.38. The molecule has 3 rings (SSSR count). The molecule has 1 aromatic heterocycles. The highest BCUT2D eigenvalue weighted by Gasteiger charge is 2.43. The van der Waals surface area contributed by atoms with Gasteiger partial charge < -0.3 is 40.7 Å². The highest BCUT2D eigenvalue weighted by molar-refractivity contribution is 5.97. The topological polar surface area (TPSA) is 207 Å². The molecule has 1 aromatic rings. The molecule has 3 amide bonds. The number of hydrogen-bond donors (Lipinski definition) is 5. The Morgan fingerprint density at radius 2 is 2.06 bits per heavy atom. The number of aliphatic hydroxyl groups excluding tert-OH is 3. The zero-order chi connectivity index (χ0) is 22.7. The number of aromatic nitrogens is 2. The summed E-state index contributed by atoms with van der Waals surface area (Å²) < 4.78 is 10.7. The minimum absolute atomic E-state index is 0.0920. The number of carbonyl (C=O) groups is 3. The van der Waals surface area contributed by atoms with Crippen LogP contribution in [0.25, 0.3) is 0 Å². The number of hydrogen-bond acceptors (Lipinski definition) is 10. The Bertz CT molecular complexity index is 906. The summed E-state index contributed by atoms with van der Waals surface area (Å²) in [5, 5.41) is 31.5. The fraction of sp³-hybridized carbons (Fsp3) is 0.588. The van der Waals surface area contributed by atoms with Gasteiger partial charge in [0.05, 0.1) is 6.61 Å². The Labute approximate surface area is 175 Å². The number of nitrogens with zero attached hydrogens (tertiary/aromatic N) is 3. The first-order valence-electron chi connectivity index (χ1n) is 9.47. The molecule has 5 atom stereocenters. The Balaban J connectivity index is 1.67. The first kappa shape index (κ1) is 22.6. The van der Waals surface area contributed by atoms with Crippen LogP contribution >= 0.6 is 0 Å². The number of anilines is 1. The van der Waals surface area contributed by atoms with Crippen molar-refractivity contribution >= 4 is 23.7 Å². The minimum atomic E-state index is -1.46. The van der Waals surface area contributed by atoms with E-state index in [1.807, 2.05) is 0 Å². The van der Waals surface area contributed by atoms with Crippen LogP contribution in [0.3, 0.4) is 0 Å². The van der Waals surface area contributed by atoms with Crippen molar-refractivity contribution in [2.75, 3.05) is 25.1 Å². The molecule has 0 aliphatic carbocycles. The summed E-state index contributed by atoms with van der Waals surface area (Å²) in [5.41, 5.74) is 3.96. The number of rotatable bonds is 6. The zero-order valence-electron chi connectivity index (χ0n) is 16.3. The number of carbonyl (C=O) groups excluding carboxylic acids is 3. The molecule has 2 fully saturated rings. The summed E-state index contributed by atoms with van der Waals surface area (Å²) in [7, 11) is 0. The van der Waals surface area contributed by atoms with Crippen molar-refractivity contribution in [2.45, 2.75) is 43.4 Å². The molecule has 0 aromatic carbocycles. The quantitative estimate of drug-likeness (QED) is 0.300. The van der Waals surface area contributed by atoms with Gasteiger partial charge in [0.25, 0.3) is 5.91 Å². The van der Waals surface area contributed by atoms with E-state index in [1.54, 1.807) is 0 Å². The smallest absolute Gasteiger partial charge is 0.405 e. The first-order valence-corrected chi connectivity index (χ1v) is 9.47. The molecule has 2 aliphatic heterocycles. The van der Waals surface area contributed by atoms with Crippen LogP contribution in [0.5, 0.6) is 0 Å². The standard InChI is InChI=1S/C17H23N5O9/c18-16(28)30-7-11(24)21-4-1-2-8(21)14(27)19-10-3-5-22(17(29)20-10)15-13(26)12(25)9(6-23)31-15/h3,5,8-9,12-13,15,23,25-26H,1-2,4,6-7H2,(H2,18,28)(H,19,20,27,29). The van der Waals surface area contributed by atoms with Crippen molar-refractivity contribution in [3.05, 3.63) is 22.7 Å². The lowest BCUT2D eigenvalue weighted by Gasteiger charge is -2.23. The lowest BCUT2D eigenvalue weighted by Crippen LogP contribution is -2.45. The van der Waals surface area contributed by atoms with E-state index in [4.69, 9.17) is 15.6 Å². The summed E-state index contributed by atoms with van der Waals surface area (Å²) >= 11 is 0. The van der Waals surface area contributed by atoms with Crippen LogP contribution in [0, 0.1) is 0 Å². The second-order valence-corrected chi connectivity index (χ2v) is 7.07. The van der Waals surface area contributed by atoms with Gasteiger partial charge in [-0.1, -0.05) is 0 Å². The summed E-state index contributed by atoms with van der Waals surface area (Å²) in [6, 6.07) is 0.444. The molecule has 6 N–H and O–H groups in total. The van der Waals surface area contributed by atoms with Crippen LogP contribution in [0.1, 0.15) is 19.1 Å². The molecule has 0 radical (unpaired) electrons. The van der Waals surface area contributed by atoms with Crippen LogP contribution in [0.2, 0.25) is 0 Å². The average molecular weight is 441 g/mol. The number of nitrogens with one attached hydrogen (secondary N) is 1. The number of aliphatic hydroxyl groups is 3. The third kappa shape index (κ3) is 4.82. The van der Waals surface area contributed by atoms with Crippen molar-refractivity contribution in [1.82, 2.24) is 14.5 Å². The minimum Gasteiger partial charge on any atom is -0.440 e. The van der Waals surface area contributed by atoms with E-state index < -0.39 is 67.4 Å². The average Bonchev–Trinajstić information content (AvgIpc) is 3.32. The Kier molecular flexibility index (Phi) is 6.84. The number of nitrogens with two attached hydrogens (primary N) is 1. The highest BCUT2D eigenvalue weighted by Crippen LogP contribution is 2.28. The third-order valence-corrected chi connectivity index (χ3v) is 5.09. The van der Waals surface area contributed by atoms with E-state index in [1.165, 1.54) is 17.2 Å². The van der Waals surface area contributed by atoms with Crippen LogP contribution < -0.4 is 16.7 Å². The maximum atomic E-state index is 12.6. The van der Waals surface area contributed by atoms with E-state index >= 15 is 0 Å². The van der Waals surface area contributed by atoms with E-state index in [9.17, 15) is 29.4 Å². The molecular formula is C17H23N5O9. The fourth-order valence-corrected chi connectivity index (χ4v) is 3.55. The van der Waals surface area contributed by atoms with Gasteiger partial charge in [0.15, 0.2) is 12.8 Å². The number of primary amides is 1. The Hall–Kier alpha value is -3.07. The summed E-state index contributed by atoms with van der Waals surface area (Å²) in [4.78, 5) is 52.7. The van der Waals surface area contributed by atoms with Crippen LogP contribution in [0.15, 0.2) is 17.1 Å². The van der Waals surface area contributed by atoms with Crippen molar-refractivity contribution in [3.8, 4) is 0 Å². The van der Waals surface area contributed by atoms with E-state index in [0.717, 1.165) is 4.57 Å². The monoisotopic (exact) mass is 441 g/mol. The van der Waals surface area contributed by atoms with Crippen molar-refractivity contribution in [1.29, 1.82) is 0 Å².